The van der Waals surface area contributed by atoms with Crippen LogP contribution in [0.3, 0.4) is 0 Å². The van der Waals surface area contributed by atoms with Gasteiger partial charge in [0.25, 0.3) is 0 Å². The lowest BCUT2D eigenvalue weighted by molar-refractivity contribution is -0.117. The maximum Gasteiger partial charge on any atom is 0.247 e. The van der Waals surface area contributed by atoms with Crippen molar-refractivity contribution in [3.63, 3.8) is 0 Å². The molecule has 0 aliphatic heterocycles. The first kappa shape index (κ1) is 20.0. The molecule has 0 radical (unpaired) electrons. The fraction of sp³-hybridized carbons (Fsp3) is 0.250. The van der Waals surface area contributed by atoms with Crippen molar-refractivity contribution in [3.8, 4) is 17.2 Å². The number of carbonyl (C=O) groups is 1. The van der Waals surface area contributed by atoms with Crippen LogP contribution in [0.2, 0.25) is 0 Å². The Hall–Kier alpha value is -2.71. The van der Waals surface area contributed by atoms with Gasteiger partial charge in [-0.1, -0.05) is 12.1 Å². The molecule has 3 rings (SSSR count). The average molecular weight is 445 g/mol. The molecule has 28 heavy (non-hydrogen) atoms. The number of amides is 1. The molecule has 8 heteroatoms. The van der Waals surface area contributed by atoms with Crippen LogP contribution in [0.1, 0.15) is 18.9 Å². The number of benzene rings is 2. The molecule has 1 heterocycles. The fourth-order valence-corrected chi connectivity index (χ4v) is 2.94. The van der Waals surface area contributed by atoms with Crippen molar-refractivity contribution in [2.45, 2.75) is 13.0 Å². The summed E-state index contributed by atoms with van der Waals surface area (Å²) in [5.74, 6) is 1.50. The number of hydrogen-bond acceptors (Lipinski definition) is 6. The van der Waals surface area contributed by atoms with Gasteiger partial charge in [-0.05, 0) is 66.3 Å². The van der Waals surface area contributed by atoms with Crippen LogP contribution in [0.5, 0.6) is 5.75 Å². The van der Waals surface area contributed by atoms with Gasteiger partial charge in [-0.3, -0.25) is 9.69 Å². The number of ether oxygens (including phenoxy) is 1. The molecular weight excluding hydrogens is 424 g/mol. The summed E-state index contributed by atoms with van der Waals surface area (Å²) in [5, 5.41) is 11.1. The summed E-state index contributed by atoms with van der Waals surface area (Å²) in [6.45, 7) is 2.10. The molecule has 0 bridgehead atoms. The second-order valence-corrected chi connectivity index (χ2v) is 7.15. The number of anilines is 1. The van der Waals surface area contributed by atoms with Crippen molar-refractivity contribution < 1.29 is 13.9 Å². The quantitative estimate of drug-likeness (QED) is 0.589. The molecule has 1 N–H and O–H groups in total. The second kappa shape index (κ2) is 8.99. The first-order valence-corrected chi connectivity index (χ1v) is 9.49. The first-order valence-electron chi connectivity index (χ1n) is 8.70. The summed E-state index contributed by atoms with van der Waals surface area (Å²) in [7, 11) is 3.45. The SMILES string of the molecule is COc1ccc(-c2nnc(C(C)N(C)CC(=O)Nc3ccccc3Br)o2)cc1. The number of methoxy groups -OCH3 is 1. The third-order valence-electron chi connectivity index (χ3n) is 4.34. The third kappa shape index (κ3) is 4.76. The number of rotatable bonds is 7. The van der Waals surface area contributed by atoms with Gasteiger partial charge in [0, 0.05) is 10.0 Å². The molecule has 1 unspecified atom stereocenters. The Morgan fingerprint density at radius 1 is 1.21 bits per heavy atom. The van der Waals surface area contributed by atoms with Gasteiger partial charge in [-0.25, -0.2) is 0 Å². The summed E-state index contributed by atoms with van der Waals surface area (Å²) in [6.07, 6.45) is 0. The Kier molecular flexibility index (Phi) is 6.43. The molecule has 0 saturated heterocycles. The van der Waals surface area contributed by atoms with E-state index in [0.29, 0.717) is 11.8 Å². The Bertz CT molecular complexity index is 943. The minimum Gasteiger partial charge on any atom is -0.497 e. The van der Waals surface area contributed by atoms with E-state index < -0.39 is 0 Å². The normalized spacial score (nSPS) is 12.0. The van der Waals surface area contributed by atoms with E-state index in [1.165, 1.54) is 0 Å². The van der Waals surface area contributed by atoms with Gasteiger partial charge >= 0.3 is 0 Å². The van der Waals surface area contributed by atoms with Crippen molar-refractivity contribution in [3.05, 3.63) is 58.9 Å². The number of nitrogens with zero attached hydrogens (tertiary/aromatic N) is 3. The molecule has 7 nitrogen and oxygen atoms in total. The highest BCUT2D eigenvalue weighted by molar-refractivity contribution is 9.10. The molecule has 0 saturated carbocycles. The lowest BCUT2D eigenvalue weighted by Gasteiger charge is -2.21. The topological polar surface area (TPSA) is 80.5 Å². The van der Waals surface area contributed by atoms with E-state index in [0.717, 1.165) is 21.5 Å². The van der Waals surface area contributed by atoms with Gasteiger partial charge in [0.15, 0.2) is 0 Å². The molecule has 1 atom stereocenters. The van der Waals surface area contributed by atoms with Crippen LogP contribution in [0, 0.1) is 0 Å². The maximum absolute atomic E-state index is 12.3. The monoisotopic (exact) mass is 444 g/mol. The highest BCUT2D eigenvalue weighted by Crippen LogP contribution is 2.25. The van der Waals surface area contributed by atoms with Crippen LogP contribution >= 0.6 is 15.9 Å². The zero-order chi connectivity index (χ0) is 20.1. The average Bonchev–Trinajstić information content (AvgIpc) is 3.19. The van der Waals surface area contributed by atoms with E-state index in [4.69, 9.17) is 9.15 Å². The molecule has 3 aromatic rings. The predicted molar refractivity (Wildman–Crippen MR) is 110 cm³/mol. The second-order valence-electron chi connectivity index (χ2n) is 6.29. The number of hydrogen-bond donors (Lipinski definition) is 1. The van der Waals surface area contributed by atoms with Gasteiger partial charge in [-0.15, -0.1) is 10.2 Å². The van der Waals surface area contributed by atoms with Crippen LogP contribution in [0.25, 0.3) is 11.5 Å². The van der Waals surface area contributed by atoms with Gasteiger partial charge in [0.1, 0.15) is 5.75 Å². The van der Waals surface area contributed by atoms with Crippen LogP contribution in [0.15, 0.2) is 57.4 Å². The number of aromatic nitrogens is 2. The van der Waals surface area contributed by atoms with Crippen molar-refractivity contribution in [1.29, 1.82) is 0 Å². The smallest absolute Gasteiger partial charge is 0.247 e. The van der Waals surface area contributed by atoms with Crippen molar-refractivity contribution in [1.82, 2.24) is 15.1 Å². The van der Waals surface area contributed by atoms with Crippen LogP contribution in [-0.4, -0.2) is 41.7 Å². The molecule has 1 aromatic heterocycles. The van der Waals surface area contributed by atoms with Crippen molar-refractivity contribution in [2.75, 3.05) is 26.0 Å². The Balaban J connectivity index is 1.63. The number of likely N-dealkylation sites (N-methyl/N-ethyl adjacent to an activating group) is 1. The Morgan fingerprint density at radius 3 is 2.61 bits per heavy atom. The zero-order valence-corrected chi connectivity index (χ0v) is 17.4. The summed E-state index contributed by atoms with van der Waals surface area (Å²) >= 11 is 3.42. The minimum absolute atomic E-state index is 0.129. The summed E-state index contributed by atoms with van der Waals surface area (Å²) in [5.41, 5.74) is 1.54. The van der Waals surface area contributed by atoms with Crippen LogP contribution in [0.4, 0.5) is 5.69 Å². The van der Waals surface area contributed by atoms with Gasteiger partial charge in [-0.2, -0.15) is 0 Å². The van der Waals surface area contributed by atoms with Crippen LogP contribution < -0.4 is 10.1 Å². The number of nitrogens with one attached hydrogen (secondary N) is 1. The van der Waals surface area contributed by atoms with Crippen molar-refractivity contribution >= 4 is 27.5 Å². The summed E-state index contributed by atoms with van der Waals surface area (Å²) in [6, 6.07) is 14.6. The molecular formula is C20H21BrN4O3. The van der Waals surface area contributed by atoms with Crippen LogP contribution in [-0.2, 0) is 4.79 Å². The third-order valence-corrected chi connectivity index (χ3v) is 5.03. The molecule has 0 spiro atoms. The highest BCUT2D eigenvalue weighted by Gasteiger charge is 2.21. The maximum atomic E-state index is 12.3. The fourth-order valence-electron chi connectivity index (χ4n) is 2.56. The lowest BCUT2D eigenvalue weighted by atomic mass is 10.2. The Morgan fingerprint density at radius 2 is 1.93 bits per heavy atom. The molecule has 2 aromatic carbocycles. The van der Waals surface area contributed by atoms with E-state index in [-0.39, 0.29) is 18.5 Å². The largest absolute Gasteiger partial charge is 0.497 e. The van der Waals surface area contributed by atoms with E-state index in [9.17, 15) is 4.79 Å². The number of para-hydroxylation sites is 1. The number of halogens is 1. The highest BCUT2D eigenvalue weighted by atomic mass is 79.9. The molecule has 0 aliphatic rings. The van der Waals surface area contributed by atoms with E-state index >= 15 is 0 Å². The van der Waals surface area contributed by atoms with E-state index in [2.05, 4.69) is 31.4 Å². The van der Waals surface area contributed by atoms with Gasteiger partial charge < -0.3 is 14.5 Å². The summed E-state index contributed by atoms with van der Waals surface area (Å²) in [4.78, 5) is 14.2. The minimum atomic E-state index is -0.218. The lowest BCUT2D eigenvalue weighted by Crippen LogP contribution is -2.32. The predicted octanol–water partition coefficient (Wildman–Crippen LogP) is 4.14. The molecule has 0 aliphatic carbocycles. The van der Waals surface area contributed by atoms with E-state index in [1.807, 2.05) is 67.4 Å². The zero-order valence-electron chi connectivity index (χ0n) is 15.8. The van der Waals surface area contributed by atoms with Crippen molar-refractivity contribution in [2.24, 2.45) is 0 Å². The molecule has 146 valence electrons. The number of carbonyl (C=O) groups excluding carboxylic acids is 1. The first-order chi connectivity index (χ1) is 13.5. The van der Waals surface area contributed by atoms with E-state index in [1.54, 1.807) is 7.11 Å². The Labute approximate surface area is 171 Å². The molecule has 0 fully saturated rings. The van der Waals surface area contributed by atoms with Gasteiger partial charge in [0.05, 0.1) is 25.4 Å². The standard InChI is InChI=1S/C20H21BrN4O3/c1-13(25(2)12-18(26)22-17-7-5-4-6-16(17)21)19-23-24-20(28-19)14-8-10-15(27-3)11-9-14/h4-11,13H,12H2,1-3H3,(H,22,26). The van der Waals surface area contributed by atoms with Gasteiger partial charge in [0.2, 0.25) is 17.7 Å². The summed E-state index contributed by atoms with van der Waals surface area (Å²) < 4.78 is 11.8. The molecule has 1 amide bonds.